The molecule has 1 rings (SSSR count). The number of hydrogen-bond acceptors (Lipinski definition) is 5. The summed E-state index contributed by atoms with van der Waals surface area (Å²) in [7, 11) is 1.66. The average molecular weight is 249 g/mol. The molecule has 0 saturated heterocycles. The van der Waals surface area contributed by atoms with Crippen molar-refractivity contribution in [2.24, 2.45) is 0 Å². The van der Waals surface area contributed by atoms with Crippen molar-refractivity contribution in [3.63, 3.8) is 0 Å². The van der Waals surface area contributed by atoms with Crippen molar-refractivity contribution in [3.05, 3.63) is 6.07 Å². The van der Waals surface area contributed by atoms with Gasteiger partial charge in [0.1, 0.15) is 11.6 Å². The standard InChI is InChI=1S/C9H14F3N5/c1-14-6-5-7(17-8(13)16-6)15-4-2-3-9(10,11)12/h5H,2-4H2,1H3,(H4,13,14,15,16,17). The number of hydrogen-bond donors (Lipinski definition) is 3. The maximum absolute atomic E-state index is 11.9. The summed E-state index contributed by atoms with van der Waals surface area (Å²) in [4.78, 5) is 7.71. The summed E-state index contributed by atoms with van der Waals surface area (Å²) in [5, 5.41) is 5.53. The Labute approximate surface area is 96.6 Å². The van der Waals surface area contributed by atoms with Gasteiger partial charge >= 0.3 is 6.18 Å². The van der Waals surface area contributed by atoms with E-state index in [0.29, 0.717) is 11.6 Å². The third kappa shape index (κ3) is 5.23. The molecule has 0 spiro atoms. The van der Waals surface area contributed by atoms with E-state index in [0.717, 1.165) is 0 Å². The normalized spacial score (nSPS) is 11.3. The molecule has 0 amide bonds. The minimum atomic E-state index is -4.12. The summed E-state index contributed by atoms with van der Waals surface area (Å²) in [5.41, 5.74) is 5.43. The van der Waals surface area contributed by atoms with Gasteiger partial charge in [0.05, 0.1) is 0 Å². The third-order valence-electron chi connectivity index (χ3n) is 1.94. The molecule has 1 heterocycles. The fourth-order valence-corrected chi connectivity index (χ4v) is 1.19. The highest BCUT2D eigenvalue weighted by Gasteiger charge is 2.25. The quantitative estimate of drug-likeness (QED) is 0.694. The first kappa shape index (κ1) is 13.3. The first-order valence-electron chi connectivity index (χ1n) is 5.03. The highest BCUT2D eigenvalue weighted by Crippen LogP contribution is 2.21. The Morgan fingerprint density at radius 2 is 1.94 bits per heavy atom. The molecule has 0 radical (unpaired) electrons. The lowest BCUT2D eigenvalue weighted by molar-refractivity contribution is -0.134. The van der Waals surface area contributed by atoms with Crippen LogP contribution >= 0.6 is 0 Å². The molecule has 1 aromatic heterocycles. The van der Waals surface area contributed by atoms with Gasteiger partial charge in [-0.1, -0.05) is 0 Å². The van der Waals surface area contributed by atoms with Gasteiger partial charge in [-0.25, -0.2) is 0 Å². The van der Waals surface area contributed by atoms with Gasteiger partial charge in [-0.05, 0) is 6.42 Å². The molecule has 17 heavy (non-hydrogen) atoms. The van der Waals surface area contributed by atoms with Gasteiger partial charge in [-0.15, -0.1) is 0 Å². The van der Waals surface area contributed by atoms with Crippen LogP contribution in [0.3, 0.4) is 0 Å². The van der Waals surface area contributed by atoms with E-state index in [-0.39, 0.29) is 18.9 Å². The Morgan fingerprint density at radius 1 is 1.29 bits per heavy atom. The molecule has 8 heteroatoms. The topological polar surface area (TPSA) is 75.9 Å². The van der Waals surface area contributed by atoms with Gasteiger partial charge < -0.3 is 16.4 Å². The van der Waals surface area contributed by atoms with Crippen LogP contribution in [0, 0.1) is 0 Å². The monoisotopic (exact) mass is 249 g/mol. The zero-order valence-electron chi connectivity index (χ0n) is 9.30. The van der Waals surface area contributed by atoms with Crippen molar-refractivity contribution >= 4 is 17.6 Å². The predicted octanol–water partition coefficient (Wildman–Crippen LogP) is 1.85. The van der Waals surface area contributed by atoms with E-state index < -0.39 is 12.6 Å². The van der Waals surface area contributed by atoms with Crippen molar-refractivity contribution in [2.45, 2.75) is 19.0 Å². The van der Waals surface area contributed by atoms with Gasteiger partial charge in [0, 0.05) is 26.1 Å². The summed E-state index contributed by atoms with van der Waals surface area (Å²) in [5.74, 6) is 0.981. The molecule has 0 unspecified atom stereocenters. The van der Waals surface area contributed by atoms with Crippen LogP contribution in [0.5, 0.6) is 0 Å². The molecule has 5 nitrogen and oxygen atoms in total. The van der Waals surface area contributed by atoms with E-state index in [2.05, 4.69) is 20.6 Å². The number of nitrogens with zero attached hydrogens (tertiary/aromatic N) is 2. The molecule has 96 valence electrons. The van der Waals surface area contributed by atoms with Gasteiger partial charge in [0.15, 0.2) is 0 Å². The highest BCUT2D eigenvalue weighted by molar-refractivity contribution is 5.50. The van der Waals surface area contributed by atoms with E-state index >= 15 is 0 Å². The van der Waals surface area contributed by atoms with Crippen LogP contribution in [-0.2, 0) is 0 Å². The van der Waals surface area contributed by atoms with Gasteiger partial charge in [-0.2, -0.15) is 23.1 Å². The second-order valence-electron chi connectivity index (χ2n) is 3.39. The Kier molecular flexibility index (Phi) is 4.36. The molecule has 0 bridgehead atoms. The lowest BCUT2D eigenvalue weighted by Crippen LogP contribution is -2.12. The minimum Gasteiger partial charge on any atom is -0.373 e. The number of nitrogens with two attached hydrogens (primary N) is 1. The maximum Gasteiger partial charge on any atom is 0.389 e. The van der Waals surface area contributed by atoms with Crippen molar-refractivity contribution in [1.82, 2.24) is 9.97 Å². The Hall–Kier alpha value is -1.73. The summed E-state index contributed by atoms with van der Waals surface area (Å²) in [6, 6.07) is 1.57. The molecule has 0 fully saturated rings. The van der Waals surface area contributed by atoms with E-state index in [9.17, 15) is 13.2 Å². The van der Waals surface area contributed by atoms with Crippen LogP contribution in [0.15, 0.2) is 6.07 Å². The number of anilines is 3. The fraction of sp³-hybridized carbons (Fsp3) is 0.556. The Bertz CT molecular complexity index is 366. The Balaban J connectivity index is 2.44. The van der Waals surface area contributed by atoms with Gasteiger partial charge in [0.2, 0.25) is 5.95 Å². The van der Waals surface area contributed by atoms with Crippen LogP contribution in [-0.4, -0.2) is 29.7 Å². The smallest absolute Gasteiger partial charge is 0.373 e. The minimum absolute atomic E-state index is 0.0116. The first-order chi connectivity index (χ1) is 7.90. The SMILES string of the molecule is CNc1cc(NCCCC(F)(F)F)nc(N)n1. The number of rotatable bonds is 5. The van der Waals surface area contributed by atoms with Crippen LogP contribution < -0.4 is 16.4 Å². The van der Waals surface area contributed by atoms with Crippen LogP contribution in [0.1, 0.15) is 12.8 Å². The molecule has 0 saturated carbocycles. The summed E-state index contributed by atoms with van der Waals surface area (Å²) in [6.45, 7) is 0.180. The fourth-order valence-electron chi connectivity index (χ4n) is 1.19. The van der Waals surface area contributed by atoms with Gasteiger partial charge in [-0.3, -0.25) is 0 Å². The maximum atomic E-state index is 11.9. The lowest BCUT2D eigenvalue weighted by Gasteiger charge is -2.09. The second kappa shape index (κ2) is 5.55. The number of nitrogens with one attached hydrogen (secondary N) is 2. The van der Waals surface area contributed by atoms with E-state index in [1.165, 1.54) is 0 Å². The molecule has 1 aromatic rings. The van der Waals surface area contributed by atoms with E-state index in [1.807, 2.05) is 0 Å². The average Bonchev–Trinajstić information content (AvgIpc) is 2.22. The number of alkyl halides is 3. The molecule has 0 aromatic carbocycles. The van der Waals surface area contributed by atoms with E-state index in [4.69, 9.17) is 5.73 Å². The Morgan fingerprint density at radius 3 is 2.53 bits per heavy atom. The molecule has 0 atom stereocenters. The number of nitrogen functional groups attached to an aromatic ring is 1. The summed E-state index contributed by atoms with van der Waals surface area (Å²) < 4.78 is 35.6. The zero-order chi connectivity index (χ0) is 12.9. The molecule has 0 aliphatic heterocycles. The zero-order valence-corrected chi connectivity index (χ0v) is 9.30. The van der Waals surface area contributed by atoms with Gasteiger partial charge in [0.25, 0.3) is 0 Å². The molecular weight excluding hydrogens is 235 g/mol. The number of aromatic nitrogens is 2. The molecular formula is C9H14F3N5. The number of halogens is 3. The molecule has 4 N–H and O–H groups in total. The van der Waals surface area contributed by atoms with Crippen LogP contribution in [0.4, 0.5) is 30.8 Å². The predicted molar refractivity (Wildman–Crippen MR) is 59.8 cm³/mol. The van der Waals surface area contributed by atoms with Crippen molar-refractivity contribution in [3.8, 4) is 0 Å². The molecule has 0 aliphatic carbocycles. The van der Waals surface area contributed by atoms with Crippen molar-refractivity contribution < 1.29 is 13.2 Å². The molecule has 0 aliphatic rings. The summed E-state index contributed by atoms with van der Waals surface area (Å²) in [6.07, 6.45) is -4.95. The van der Waals surface area contributed by atoms with E-state index in [1.54, 1.807) is 13.1 Å². The second-order valence-corrected chi connectivity index (χ2v) is 3.39. The van der Waals surface area contributed by atoms with Crippen molar-refractivity contribution in [1.29, 1.82) is 0 Å². The third-order valence-corrected chi connectivity index (χ3v) is 1.94. The van der Waals surface area contributed by atoms with Crippen LogP contribution in [0.25, 0.3) is 0 Å². The van der Waals surface area contributed by atoms with Crippen molar-refractivity contribution in [2.75, 3.05) is 30.0 Å². The summed E-state index contributed by atoms with van der Waals surface area (Å²) >= 11 is 0. The first-order valence-corrected chi connectivity index (χ1v) is 5.03. The lowest BCUT2D eigenvalue weighted by atomic mass is 10.3. The largest absolute Gasteiger partial charge is 0.389 e. The highest BCUT2D eigenvalue weighted by atomic mass is 19.4. The van der Waals surface area contributed by atoms with Crippen LogP contribution in [0.2, 0.25) is 0 Å².